The summed E-state index contributed by atoms with van der Waals surface area (Å²) in [5.74, 6) is -1.50. The van der Waals surface area contributed by atoms with Gasteiger partial charge in [-0.1, -0.05) is 49.2 Å². The smallest absolute Gasteiger partial charge is 0.465 e. The summed E-state index contributed by atoms with van der Waals surface area (Å²) in [4.78, 5) is 97.7. The average molecular weight is 982 g/mol. The zero-order chi connectivity index (χ0) is 50.3. The predicted octanol–water partition coefficient (Wildman–Crippen LogP) is 7.97. The third kappa shape index (κ3) is 23.7. The lowest BCUT2D eigenvalue weighted by Gasteiger charge is -2.26. The zero-order valence-corrected chi connectivity index (χ0v) is 40.4. The second kappa shape index (κ2) is 32.1. The second-order valence-corrected chi connectivity index (χ2v) is 16.6. The van der Waals surface area contributed by atoms with Crippen LogP contribution in [0.15, 0.2) is 72.8 Å². The maximum Gasteiger partial charge on any atom is 0.508 e. The summed E-state index contributed by atoms with van der Waals surface area (Å²) in [7, 11) is 0. The maximum absolute atomic E-state index is 12.9. The van der Waals surface area contributed by atoms with E-state index in [9.17, 15) is 38.4 Å². The SMILES string of the molecule is CCOC(=O)OCCCCCNC(=O)Nc1ccc(CNC(=O)c2ccc(C(=O)NCc3ccc(CC(=O)CCCCCCOC(=O)OCC(C)(COC(C)=O)C(=O)OCCCCl)cc3)cc2)cc1. The van der Waals surface area contributed by atoms with Gasteiger partial charge in [0.15, 0.2) is 0 Å². The molecule has 3 aromatic carbocycles. The molecule has 19 heteroatoms. The Bertz CT molecular complexity index is 2100. The van der Waals surface area contributed by atoms with Gasteiger partial charge in [0.05, 0.1) is 26.4 Å². The van der Waals surface area contributed by atoms with Crippen LogP contribution in [-0.4, -0.2) is 99.9 Å². The first-order valence-corrected chi connectivity index (χ1v) is 23.6. The number of ketones is 1. The van der Waals surface area contributed by atoms with E-state index in [1.54, 1.807) is 55.5 Å². The Morgan fingerprint density at radius 2 is 1.06 bits per heavy atom. The van der Waals surface area contributed by atoms with Gasteiger partial charge in [-0.05, 0) is 105 Å². The van der Waals surface area contributed by atoms with Gasteiger partial charge in [-0.25, -0.2) is 14.4 Å². The summed E-state index contributed by atoms with van der Waals surface area (Å²) in [6.07, 6.45) is 4.37. The van der Waals surface area contributed by atoms with Gasteiger partial charge in [-0.3, -0.25) is 24.0 Å². The van der Waals surface area contributed by atoms with Crippen LogP contribution in [0.1, 0.15) is 116 Å². The van der Waals surface area contributed by atoms with Crippen molar-refractivity contribution in [1.29, 1.82) is 0 Å². The Labute approximate surface area is 408 Å². The number of esters is 2. The fourth-order valence-electron chi connectivity index (χ4n) is 6.24. The van der Waals surface area contributed by atoms with E-state index in [-0.39, 0.29) is 76.2 Å². The van der Waals surface area contributed by atoms with Crippen molar-refractivity contribution in [3.63, 3.8) is 0 Å². The lowest BCUT2D eigenvalue weighted by molar-refractivity contribution is -0.165. The Balaban J connectivity index is 1.26. The minimum Gasteiger partial charge on any atom is -0.465 e. The molecule has 0 aliphatic rings. The molecule has 0 bridgehead atoms. The number of anilines is 1. The van der Waals surface area contributed by atoms with E-state index >= 15 is 0 Å². The van der Waals surface area contributed by atoms with Crippen molar-refractivity contribution in [2.24, 2.45) is 5.41 Å². The number of carbonyl (C=O) groups excluding carboxylic acids is 8. The summed E-state index contributed by atoms with van der Waals surface area (Å²) in [5, 5.41) is 11.3. The van der Waals surface area contributed by atoms with Crippen molar-refractivity contribution >= 4 is 65.2 Å². The normalized spacial score (nSPS) is 11.5. The molecule has 0 radical (unpaired) electrons. The summed E-state index contributed by atoms with van der Waals surface area (Å²) >= 11 is 5.62. The number of unbranched alkanes of at least 4 members (excludes halogenated alkanes) is 5. The molecule has 0 fully saturated rings. The van der Waals surface area contributed by atoms with Crippen LogP contribution in [0.25, 0.3) is 0 Å². The standard InChI is InChI=1S/C50H65ClN4O14/c1-4-64-48(62)66-29-11-7-9-27-52-47(61)55-42-24-18-39(19-25-42)33-54-45(59)41-22-20-40(21-23-41)44(58)53-32-38-16-14-37(15-17-38)31-43(57)13-8-5-6-10-28-67-49(63)69-35-50(3,34-68-36(2)56)46(60)65-30-12-26-51/h14-25H,4-13,26-35H2,1-3H3,(H,53,58)(H,54,59)(H2,52,55,61). The molecule has 376 valence electrons. The highest BCUT2D eigenvalue weighted by molar-refractivity contribution is 6.17. The van der Waals surface area contributed by atoms with Gasteiger partial charge in [-0.15, -0.1) is 11.6 Å². The van der Waals surface area contributed by atoms with Crippen LogP contribution in [-0.2, 0) is 62.3 Å². The fourth-order valence-corrected chi connectivity index (χ4v) is 6.35. The van der Waals surface area contributed by atoms with Crippen LogP contribution >= 0.6 is 11.6 Å². The first-order chi connectivity index (χ1) is 33.2. The number of Topliss-reactive ketones (excluding diaryl/α,β-unsaturated/α-hetero) is 1. The van der Waals surface area contributed by atoms with Gasteiger partial charge >= 0.3 is 30.3 Å². The Morgan fingerprint density at radius 3 is 1.62 bits per heavy atom. The number of rotatable bonds is 31. The van der Waals surface area contributed by atoms with Gasteiger partial charge in [0.2, 0.25) is 0 Å². The molecule has 0 saturated carbocycles. The number of halogens is 1. The largest absolute Gasteiger partial charge is 0.508 e. The van der Waals surface area contributed by atoms with Gasteiger partial charge < -0.3 is 49.7 Å². The molecule has 0 aliphatic heterocycles. The number of nitrogens with one attached hydrogen (secondary N) is 4. The Morgan fingerprint density at radius 1 is 0.551 bits per heavy atom. The maximum atomic E-state index is 12.9. The number of urea groups is 1. The number of alkyl halides is 1. The third-order valence-corrected chi connectivity index (χ3v) is 10.5. The van der Waals surface area contributed by atoms with E-state index in [1.807, 2.05) is 24.3 Å². The first kappa shape index (κ1) is 56.6. The van der Waals surface area contributed by atoms with Crippen LogP contribution in [0.3, 0.4) is 0 Å². The molecule has 1 atom stereocenters. The fraction of sp³-hybridized carbons (Fsp3) is 0.480. The molecule has 4 N–H and O–H groups in total. The van der Waals surface area contributed by atoms with E-state index in [4.69, 9.17) is 40.0 Å². The van der Waals surface area contributed by atoms with E-state index < -0.39 is 36.3 Å². The van der Waals surface area contributed by atoms with Crippen molar-refractivity contribution in [1.82, 2.24) is 16.0 Å². The van der Waals surface area contributed by atoms with Crippen molar-refractivity contribution < 1.29 is 66.8 Å². The van der Waals surface area contributed by atoms with Gasteiger partial charge in [-0.2, -0.15) is 0 Å². The molecule has 0 saturated heterocycles. The van der Waals surface area contributed by atoms with E-state index in [1.165, 1.54) is 13.8 Å². The number of hydrogen-bond donors (Lipinski definition) is 4. The Hall–Kier alpha value is -6.69. The van der Waals surface area contributed by atoms with Crippen LogP contribution in [0.4, 0.5) is 20.1 Å². The summed E-state index contributed by atoms with van der Waals surface area (Å²) < 4.78 is 30.0. The number of benzene rings is 3. The number of ether oxygens (including phenoxy) is 6. The van der Waals surface area contributed by atoms with Crippen molar-refractivity contribution in [2.45, 2.75) is 98.1 Å². The zero-order valence-electron chi connectivity index (χ0n) is 39.7. The monoisotopic (exact) mass is 980 g/mol. The highest BCUT2D eigenvalue weighted by Crippen LogP contribution is 2.21. The van der Waals surface area contributed by atoms with Crippen LogP contribution < -0.4 is 21.3 Å². The third-order valence-electron chi connectivity index (χ3n) is 10.2. The van der Waals surface area contributed by atoms with Crippen LogP contribution in [0, 0.1) is 5.41 Å². The lowest BCUT2D eigenvalue weighted by atomic mass is 9.93. The minimum absolute atomic E-state index is 0.0758. The molecule has 3 rings (SSSR count). The van der Waals surface area contributed by atoms with Gasteiger partial charge in [0.25, 0.3) is 11.8 Å². The molecule has 3 aromatic rings. The molecule has 1 unspecified atom stereocenters. The molecular formula is C50H65ClN4O14. The minimum atomic E-state index is -1.41. The quantitative estimate of drug-likeness (QED) is 0.0207. The van der Waals surface area contributed by atoms with E-state index in [0.29, 0.717) is 61.3 Å². The van der Waals surface area contributed by atoms with Gasteiger partial charge in [0, 0.05) is 62.1 Å². The molecule has 4 amide bonds. The molecule has 18 nitrogen and oxygen atoms in total. The van der Waals surface area contributed by atoms with E-state index in [2.05, 4.69) is 21.3 Å². The van der Waals surface area contributed by atoms with Gasteiger partial charge in [0.1, 0.15) is 24.4 Å². The highest BCUT2D eigenvalue weighted by Gasteiger charge is 2.38. The summed E-state index contributed by atoms with van der Waals surface area (Å²) in [6, 6.07) is 20.5. The van der Waals surface area contributed by atoms with Crippen molar-refractivity contribution in [3.8, 4) is 0 Å². The van der Waals surface area contributed by atoms with E-state index in [0.717, 1.165) is 42.4 Å². The van der Waals surface area contributed by atoms with Crippen LogP contribution in [0.5, 0.6) is 0 Å². The number of carbonyl (C=O) groups is 8. The summed E-state index contributed by atoms with van der Waals surface area (Å²) in [5.41, 5.74) is 2.50. The Kier molecular flexibility index (Phi) is 26.4. The second-order valence-electron chi connectivity index (χ2n) is 16.2. The molecule has 0 heterocycles. The molecular weight excluding hydrogens is 916 g/mol. The van der Waals surface area contributed by atoms with Crippen molar-refractivity contribution in [2.75, 3.05) is 57.4 Å². The average Bonchev–Trinajstić information content (AvgIpc) is 3.34. The topological polar surface area (TPSA) is 240 Å². The number of hydrogen-bond acceptors (Lipinski definition) is 14. The molecule has 0 aromatic heterocycles. The number of amides is 4. The molecule has 69 heavy (non-hydrogen) atoms. The van der Waals surface area contributed by atoms with Crippen LogP contribution in [0.2, 0.25) is 0 Å². The first-order valence-electron chi connectivity index (χ1n) is 23.1. The predicted molar refractivity (Wildman–Crippen MR) is 256 cm³/mol. The lowest BCUT2D eigenvalue weighted by Crippen LogP contribution is -2.40. The highest BCUT2D eigenvalue weighted by atomic mass is 35.5. The summed E-state index contributed by atoms with van der Waals surface area (Å²) in [6.45, 7) is 5.31. The molecule has 0 aliphatic carbocycles. The molecule has 0 spiro atoms. The van der Waals surface area contributed by atoms with Crippen molar-refractivity contribution in [3.05, 3.63) is 101 Å².